The molecule has 0 bridgehead atoms. The van der Waals surface area contributed by atoms with Crippen LogP contribution in [0.2, 0.25) is 0 Å². The summed E-state index contributed by atoms with van der Waals surface area (Å²) in [5, 5.41) is 5.08. The summed E-state index contributed by atoms with van der Waals surface area (Å²) in [6.07, 6.45) is -4.81. The highest BCUT2D eigenvalue weighted by Gasteiger charge is 2.31. The molecule has 0 saturated heterocycles. The van der Waals surface area contributed by atoms with Crippen LogP contribution in [0.5, 0.6) is 17.2 Å². The van der Waals surface area contributed by atoms with Crippen molar-refractivity contribution in [1.29, 1.82) is 0 Å². The number of rotatable bonds is 8. The van der Waals surface area contributed by atoms with Crippen molar-refractivity contribution >= 4 is 23.2 Å². The molecule has 0 aliphatic rings. The average Bonchev–Trinajstić information content (AvgIpc) is 2.79. The van der Waals surface area contributed by atoms with E-state index in [-0.39, 0.29) is 29.4 Å². The number of carbonyl (C=O) groups is 2. The van der Waals surface area contributed by atoms with Crippen LogP contribution < -0.4 is 24.8 Å². The fourth-order valence-electron chi connectivity index (χ4n) is 2.74. The number of halogens is 4. The molecule has 0 atom stereocenters. The van der Waals surface area contributed by atoms with Crippen molar-refractivity contribution in [2.45, 2.75) is 6.36 Å². The predicted molar refractivity (Wildman–Crippen MR) is 115 cm³/mol. The van der Waals surface area contributed by atoms with Gasteiger partial charge in [0.05, 0.1) is 7.11 Å². The van der Waals surface area contributed by atoms with Crippen molar-refractivity contribution in [3.8, 4) is 17.2 Å². The first-order chi connectivity index (χ1) is 16.1. The summed E-state index contributed by atoms with van der Waals surface area (Å²) in [6.45, 7) is -0.369. The highest BCUT2D eigenvalue weighted by atomic mass is 19.4. The van der Waals surface area contributed by atoms with Gasteiger partial charge >= 0.3 is 6.36 Å². The van der Waals surface area contributed by atoms with Crippen LogP contribution in [0.25, 0.3) is 0 Å². The van der Waals surface area contributed by atoms with Crippen LogP contribution in [-0.4, -0.2) is 31.9 Å². The average molecular weight is 478 g/mol. The lowest BCUT2D eigenvalue weighted by molar-refractivity contribution is -0.274. The topological polar surface area (TPSA) is 85.9 Å². The fourth-order valence-corrected chi connectivity index (χ4v) is 2.74. The maximum absolute atomic E-state index is 12.9. The molecule has 0 spiro atoms. The monoisotopic (exact) mass is 478 g/mol. The van der Waals surface area contributed by atoms with E-state index >= 15 is 0 Å². The Labute approximate surface area is 191 Å². The zero-order chi connectivity index (χ0) is 24.7. The maximum Gasteiger partial charge on any atom is 0.573 e. The molecule has 0 aliphatic heterocycles. The van der Waals surface area contributed by atoms with E-state index in [1.165, 1.54) is 61.7 Å². The van der Waals surface area contributed by atoms with E-state index in [1.54, 1.807) is 0 Å². The predicted octanol–water partition coefficient (Wildman–Crippen LogP) is 5.00. The minimum absolute atomic E-state index is 0.176. The summed E-state index contributed by atoms with van der Waals surface area (Å²) in [5.41, 5.74) is 0.818. The largest absolute Gasteiger partial charge is 0.573 e. The molecule has 0 aliphatic carbocycles. The van der Waals surface area contributed by atoms with Crippen LogP contribution in [-0.2, 0) is 4.79 Å². The molecule has 2 amide bonds. The van der Waals surface area contributed by atoms with Gasteiger partial charge in [0.25, 0.3) is 11.8 Å². The quantitative estimate of drug-likeness (QED) is 0.445. The Hall–Kier alpha value is -4.28. The summed E-state index contributed by atoms with van der Waals surface area (Å²) in [6, 6.07) is 14.1. The first kappa shape index (κ1) is 24.4. The van der Waals surface area contributed by atoms with E-state index in [2.05, 4.69) is 15.4 Å². The number of alkyl halides is 3. The third-order valence-electron chi connectivity index (χ3n) is 4.26. The molecule has 34 heavy (non-hydrogen) atoms. The zero-order valence-electron chi connectivity index (χ0n) is 17.6. The number of anilines is 2. The first-order valence-electron chi connectivity index (χ1n) is 9.66. The summed E-state index contributed by atoms with van der Waals surface area (Å²) in [5.74, 6) is -1.53. The van der Waals surface area contributed by atoms with Gasteiger partial charge in [-0.3, -0.25) is 9.59 Å². The second-order valence-corrected chi connectivity index (χ2v) is 6.74. The van der Waals surface area contributed by atoms with Gasteiger partial charge in [0.2, 0.25) is 0 Å². The number of hydrogen-bond donors (Lipinski definition) is 2. The van der Waals surface area contributed by atoms with Crippen LogP contribution in [0.4, 0.5) is 28.9 Å². The SMILES string of the molecule is COc1cc(C(=O)Nc2ccc(OC(F)(F)F)cc2)ccc1OCC(=O)Nc1ccc(F)cc1. The molecule has 3 rings (SSSR count). The van der Waals surface area contributed by atoms with Crippen molar-refractivity contribution in [1.82, 2.24) is 0 Å². The molecule has 0 unspecified atom stereocenters. The molecule has 0 saturated carbocycles. The van der Waals surface area contributed by atoms with Gasteiger partial charge in [-0.15, -0.1) is 13.2 Å². The fraction of sp³-hybridized carbons (Fsp3) is 0.130. The van der Waals surface area contributed by atoms with Crippen LogP contribution in [0.1, 0.15) is 10.4 Å². The summed E-state index contributed by atoms with van der Waals surface area (Å²) < 4.78 is 64.1. The van der Waals surface area contributed by atoms with Crippen LogP contribution >= 0.6 is 0 Å². The van der Waals surface area contributed by atoms with Crippen molar-refractivity contribution < 1.29 is 41.4 Å². The second kappa shape index (κ2) is 10.6. The van der Waals surface area contributed by atoms with Crippen LogP contribution in [0.3, 0.4) is 0 Å². The standard InChI is InChI=1S/C23H18F4N2O5/c1-32-20-12-14(22(31)29-17-7-9-18(10-8-17)34-23(25,26)27)2-11-19(20)33-13-21(30)28-16-5-3-15(24)4-6-16/h2-12H,13H2,1H3,(H,28,30)(H,29,31). The molecule has 2 N–H and O–H groups in total. The van der Waals surface area contributed by atoms with Crippen molar-refractivity contribution in [2.24, 2.45) is 0 Å². The van der Waals surface area contributed by atoms with Gasteiger partial charge < -0.3 is 24.8 Å². The van der Waals surface area contributed by atoms with E-state index in [9.17, 15) is 27.2 Å². The van der Waals surface area contributed by atoms with Gasteiger partial charge in [-0.2, -0.15) is 0 Å². The number of carbonyl (C=O) groups excluding carboxylic acids is 2. The lowest BCUT2D eigenvalue weighted by atomic mass is 10.2. The molecule has 178 valence electrons. The van der Waals surface area contributed by atoms with E-state index in [0.717, 1.165) is 12.1 Å². The highest BCUT2D eigenvalue weighted by molar-refractivity contribution is 6.04. The van der Waals surface area contributed by atoms with Crippen LogP contribution in [0, 0.1) is 5.82 Å². The van der Waals surface area contributed by atoms with E-state index in [0.29, 0.717) is 5.69 Å². The Kier molecular flexibility index (Phi) is 7.57. The van der Waals surface area contributed by atoms with Gasteiger partial charge in [-0.25, -0.2) is 4.39 Å². The molecule has 0 heterocycles. The van der Waals surface area contributed by atoms with Crippen molar-refractivity contribution in [3.05, 3.63) is 78.1 Å². The van der Waals surface area contributed by atoms with Gasteiger partial charge in [-0.05, 0) is 66.7 Å². The lowest BCUT2D eigenvalue weighted by Crippen LogP contribution is -2.20. The molecule has 7 nitrogen and oxygen atoms in total. The molecule has 11 heteroatoms. The number of methoxy groups -OCH3 is 1. The van der Waals surface area contributed by atoms with Crippen molar-refractivity contribution in [2.75, 3.05) is 24.4 Å². The lowest BCUT2D eigenvalue weighted by Gasteiger charge is -2.13. The molecule has 0 fully saturated rings. The Morgan fingerprint density at radius 3 is 2.09 bits per heavy atom. The Balaban J connectivity index is 1.59. The molecule has 3 aromatic rings. The summed E-state index contributed by atoms with van der Waals surface area (Å²) in [7, 11) is 1.35. The van der Waals surface area contributed by atoms with Gasteiger partial charge in [0, 0.05) is 16.9 Å². The first-order valence-corrected chi connectivity index (χ1v) is 9.66. The molecular formula is C23H18F4N2O5. The van der Waals surface area contributed by atoms with E-state index < -0.39 is 29.7 Å². The van der Waals surface area contributed by atoms with Gasteiger partial charge in [0.15, 0.2) is 18.1 Å². The normalized spacial score (nSPS) is 10.9. The minimum Gasteiger partial charge on any atom is -0.493 e. The number of ether oxygens (including phenoxy) is 3. The molecule has 3 aromatic carbocycles. The molecular weight excluding hydrogens is 460 g/mol. The Morgan fingerprint density at radius 1 is 0.853 bits per heavy atom. The number of amides is 2. The minimum atomic E-state index is -4.81. The van der Waals surface area contributed by atoms with E-state index in [1.807, 2.05) is 0 Å². The maximum atomic E-state index is 12.9. The van der Waals surface area contributed by atoms with E-state index in [4.69, 9.17) is 9.47 Å². The smallest absolute Gasteiger partial charge is 0.493 e. The highest BCUT2D eigenvalue weighted by Crippen LogP contribution is 2.29. The number of hydrogen-bond acceptors (Lipinski definition) is 5. The number of nitrogens with one attached hydrogen (secondary N) is 2. The second-order valence-electron chi connectivity index (χ2n) is 6.74. The zero-order valence-corrected chi connectivity index (χ0v) is 17.6. The molecule has 0 aromatic heterocycles. The molecule has 0 radical (unpaired) electrons. The summed E-state index contributed by atoms with van der Waals surface area (Å²) >= 11 is 0. The van der Waals surface area contributed by atoms with Gasteiger partial charge in [0.1, 0.15) is 11.6 Å². The Bertz CT molecular complexity index is 1150. The third kappa shape index (κ3) is 7.12. The van der Waals surface area contributed by atoms with Gasteiger partial charge in [-0.1, -0.05) is 0 Å². The summed E-state index contributed by atoms with van der Waals surface area (Å²) in [4.78, 5) is 24.5. The van der Waals surface area contributed by atoms with Crippen LogP contribution in [0.15, 0.2) is 66.7 Å². The Morgan fingerprint density at radius 2 is 1.47 bits per heavy atom. The number of benzene rings is 3. The van der Waals surface area contributed by atoms with Crippen molar-refractivity contribution in [3.63, 3.8) is 0 Å². The third-order valence-corrected chi connectivity index (χ3v) is 4.26.